The van der Waals surface area contributed by atoms with Gasteiger partial charge in [-0.1, -0.05) is 12.1 Å². The van der Waals surface area contributed by atoms with Crippen LogP contribution in [-0.2, 0) is 22.4 Å². The third kappa shape index (κ3) is 2.31. The van der Waals surface area contributed by atoms with Crippen LogP contribution in [0.15, 0.2) is 24.3 Å². The Morgan fingerprint density at radius 3 is 1.69 bits per heavy atom. The van der Waals surface area contributed by atoms with Crippen molar-refractivity contribution >= 4 is 41.4 Å². The molecule has 2 amide bonds. The van der Waals surface area contributed by atoms with E-state index in [9.17, 15) is 9.59 Å². The van der Waals surface area contributed by atoms with Gasteiger partial charge in [0, 0.05) is 51.9 Å². The molecular formula is C8H5AgNNaO2. The number of imide groups is 1. The summed E-state index contributed by atoms with van der Waals surface area (Å²) in [5.74, 6) is -0.601. The molecule has 1 aromatic rings. The molecule has 0 unspecified atom stereocenters. The van der Waals surface area contributed by atoms with Gasteiger partial charge in [0.25, 0.3) is 11.8 Å². The van der Waals surface area contributed by atoms with Gasteiger partial charge in [0.1, 0.15) is 0 Å². The van der Waals surface area contributed by atoms with Gasteiger partial charge in [-0.3, -0.25) is 14.9 Å². The molecule has 66 valence electrons. The van der Waals surface area contributed by atoms with Crippen molar-refractivity contribution in [3.8, 4) is 0 Å². The van der Waals surface area contributed by atoms with Gasteiger partial charge >= 0.3 is 0 Å². The van der Waals surface area contributed by atoms with Crippen LogP contribution in [-0.4, -0.2) is 41.4 Å². The van der Waals surface area contributed by atoms with Crippen LogP contribution in [0.5, 0.6) is 0 Å². The molecule has 5 heteroatoms. The number of amides is 2. The monoisotopic (exact) mass is 277 g/mol. The molecule has 0 atom stereocenters. The van der Waals surface area contributed by atoms with Crippen molar-refractivity contribution in [2.75, 3.05) is 0 Å². The van der Waals surface area contributed by atoms with E-state index in [4.69, 9.17) is 0 Å². The Morgan fingerprint density at radius 1 is 0.923 bits per heavy atom. The molecule has 0 fully saturated rings. The van der Waals surface area contributed by atoms with Crippen LogP contribution in [0.25, 0.3) is 0 Å². The quantitative estimate of drug-likeness (QED) is 0.544. The van der Waals surface area contributed by atoms with E-state index in [1.807, 2.05) is 0 Å². The first-order valence-electron chi connectivity index (χ1n) is 3.24. The van der Waals surface area contributed by atoms with Crippen LogP contribution in [0, 0.1) is 0 Å². The Balaban J connectivity index is 0.000000720. The maximum absolute atomic E-state index is 10.9. The Hall–Kier alpha value is 0.100. The van der Waals surface area contributed by atoms with Crippen molar-refractivity contribution in [3.63, 3.8) is 0 Å². The minimum atomic E-state index is -0.300. The summed E-state index contributed by atoms with van der Waals surface area (Å²) in [6.45, 7) is 0. The van der Waals surface area contributed by atoms with Crippen LogP contribution < -0.4 is 5.32 Å². The van der Waals surface area contributed by atoms with Crippen molar-refractivity contribution < 1.29 is 32.0 Å². The summed E-state index contributed by atoms with van der Waals surface area (Å²) in [7, 11) is 0. The third-order valence-corrected chi connectivity index (χ3v) is 1.64. The minimum absolute atomic E-state index is 0. The molecule has 0 saturated heterocycles. The van der Waals surface area contributed by atoms with Crippen molar-refractivity contribution in [3.05, 3.63) is 35.4 Å². The molecule has 2 radical (unpaired) electrons. The molecule has 1 N–H and O–H groups in total. The average molecular weight is 278 g/mol. The van der Waals surface area contributed by atoms with Crippen molar-refractivity contribution in [2.45, 2.75) is 0 Å². The Morgan fingerprint density at radius 2 is 1.31 bits per heavy atom. The van der Waals surface area contributed by atoms with E-state index >= 15 is 0 Å². The number of carbonyl (C=O) groups excluding carboxylic acids is 2. The van der Waals surface area contributed by atoms with Crippen LogP contribution in [0.1, 0.15) is 20.7 Å². The van der Waals surface area contributed by atoms with Gasteiger partial charge in [-0.05, 0) is 12.1 Å². The van der Waals surface area contributed by atoms with Crippen LogP contribution in [0.4, 0.5) is 0 Å². The number of hydrogen-bond donors (Lipinski definition) is 1. The molecule has 1 aliphatic heterocycles. The Bertz CT molecular complexity index is 321. The first-order valence-corrected chi connectivity index (χ1v) is 3.24. The van der Waals surface area contributed by atoms with Gasteiger partial charge in [0.05, 0.1) is 11.1 Å². The molecule has 1 heterocycles. The van der Waals surface area contributed by atoms with E-state index in [1.54, 1.807) is 24.3 Å². The second kappa shape index (κ2) is 5.10. The van der Waals surface area contributed by atoms with Gasteiger partial charge in [0.15, 0.2) is 0 Å². The molecule has 13 heavy (non-hydrogen) atoms. The van der Waals surface area contributed by atoms with Gasteiger partial charge in [-0.25, -0.2) is 0 Å². The summed E-state index contributed by atoms with van der Waals surface area (Å²) in [5.41, 5.74) is 0.940. The Kier molecular flexibility index (Phi) is 5.14. The predicted octanol–water partition coefficient (Wildman–Crippen LogP) is 0.187. The first-order chi connectivity index (χ1) is 5.29. The van der Waals surface area contributed by atoms with E-state index < -0.39 is 0 Å². The normalized spacial score (nSPS) is 12.3. The zero-order valence-corrected chi connectivity index (χ0v) is 10.4. The molecule has 2 rings (SSSR count). The molecular weight excluding hydrogens is 273 g/mol. The van der Waals surface area contributed by atoms with Crippen molar-refractivity contribution in [2.24, 2.45) is 0 Å². The van der Waals surface area contributed by atoms with E-state index in [0.29, 0.717) is 11.1 Å². The van der Waals surface area contributed by atoms with Crippen LogP contribution in [0.3, 0.4) is 0 Å². The van der Waals surface area contributed by atoms with E-state index in [1.165, 1.54) is 0 Å². The summed E-state index contributed by atoms with van der Waals surface area (Å²) in [6.07, 6.45) is 0. The zero-order chi connectivity index (χ0) is 7.84. The molecule has 0 spiro atoms. The molecule has 0 bridgehead atoms. The number of carbonyl (C=O) groups is 2. The van der Waals surface area contributed by atoms with E-state index in [0.717, 1.165) is 0 Å². The molecule has 1 aliphatic rings. The fourth-order valence-corrected chi connectivity index (χ4v) is 1.12. The number of benzene rings is 1. The predicted molar refractivity (Wildman–Crippen MR) is 44.0 cm³/mol. The standard InChI is InChI=1S/C8H5NO2.Ag.Na/c10-7-5-3-1-2-4-6(5)8(11)9-7;;/h1-4H,(H,9,10,11);;. The SMILES string of the molecule is O=C1NC(=O)c2ccccc21.[Ag].[Na]. The van der Waals surface area contributed by atoms with Crippen LogP contribution in [0.2, 0.25) is 0 Å². The van der Waals surface area contributed by atoms with Gasteiger partial charge in [0.2, 0.25) is 0 Å². The Labute approximate surface area is 113 Å². The fourth-order valence-electron chi connectivity index (χ4n) is 1.12. The summed E-state index contributed by atoms with van der Waals surface area (Å²) in [6, 6.07) is 6.74. The maximum atomic E-state index is 10.9. The minimum Gasteiger partial charge on any atom is -0.288 e. The molecule has 0 aromatic heterocycles. The van der Waals surface area contributed by atoms with Gasteiger partial charge < -0.3 is 0 Å². The van der Waals surface area contributed by atoms with Gasteiger partial charge in [-0.15, -0.1) is 0 Å². The largest absolute Gasteiger partial charge is 0.288 e. The third-order valence-electron chi connectivity index (χ3n) is 1.64. The second-order valence-electron chi connectivity index (χ2n) is 2.33. The summed E-state index contributed by atoms with van der Waals surface area (Å²) < 4.78 is 0. The first kappa shape index (κ1) is 13.1. The fraction of sp³-hybridized carbons (Fsp3) is 0. The molecule has 1 aromatic carbocycles. The number of nitrogens with one attached hydrogen (secondary N) is 1. The molecule has 0 saturated carbocycles. The van der Waals surface area contributed by atoms with E-state index in [-0.39, 0.29) is 63.8 Å². The summed E-state index contributed by atoms with van der Waals surface area (Å²) >= 11 is 0. The van der Waals surface area contributed by atoms with E-state index in [2.05, 4.69) is 5.32 Å². The van der Waals surface area contributed by atoms with Crippen LogP contribution >= 0.6 is 0 Å². The smallest absolute Gasteiger partial charge is 0.258 e. The van der Waals surface area contributed by atoms with Crippen molar-refractivity contribution in [1.29, 1.82) is 0 Å². The second-order valence-corrected chi connectivity index (χ2v) is 2.33. The number of hydrogen-bond acceptors (Lipinski definition) is 2. The van der Waals surface area contributed by atoms with Gasteiger partial charge in [-0.2, -0.15) is 0 Å². The number of fused-ring (bicyclic) bond motifs is 1. The summed E-state index contributed by atoms with van der Waals surface area (Å²) in [4.78, 5) is 21.9. The summed E-state index contributed by atoms with van der Waals surface area (Å²) in [5, 5.41) is 2.20. The molecule has 0 aliphatic carbocycles. The maximum Gasteiger partial charge on any atom is 0.258 e. The topological polar surface area (TPSA) is 46.2 Å². The number of rotatable bonds is 0. The molecule has 3 nitrogen and oxygen atoms in total. The zero-order valence-electron chi connectivity index (χ0n) is 6.93. The average Bonchev–Trinajstić information content (AvgIpc) is 2.30. The van der Waals surface area contributed by atoms with Crippen molar-refractivity contribution in [1.82, 2.24) is 5.32 Å².